The second kappa shape index (κ2) is 13.4. The maximum atomic E-state index is 7.16. The van der Waals surface area contributed by atoms with Gasteiger partial charge in [-0.3, -0.25) is 0 Å². The van der Waals surface area contributed by atoms with Gasteiger partial charge >= 0.3 is 6.92 Å². The molecule has 3 nitrogen and oxygen atoms in total. The lowest BCUT2D eigenvalue weighted by Gasteiger charge is -2.36. The largest absolute Gasteiger partial charge is 0.551 e. The number of ether oxygens (including phenoxy) is 1. The van der Waals surface area contributed by atoms with E-state index in [1.807, 2.05) is 0 Å². The van der Waals surface area contributed by atoms with E-state index < -0.39 is 8.07 Å². The standard InChI is InChI=1S/C54H36BNO2Si/c1-4-18-39(19-5-1)59(40-20-6-2-7-21-40,41-22-8-3-9-23-41)53-31-17-13-24-42(53)37-34-46-45-27-12-16-30-50(45)58-55-47-33-32-38(36-51(47)57-52(35-37)54(46)55)56-48-28-14-10-25-43(48)44-26-11-15-29-49(44)56/h1-36H. The van der Waals surface area contributed by atoms with E-state index in [1.54, 1.807) is 0 Å². The van der Waals surface area contributed by atoms with Gasteiger partial charge in [0.05, 0.1) is 11.0 Å². The van der Waals surface area contributed by atoms with Crippen molar-refractivity contribution in [3.63, 3.8) is 0 Å². The normalized spacial score (nSPS) is 12.6. The predicted octanol–water partition coefficient (Wildman–Crippen LogP) is 9.10. The molecule has 0 N–H and O–H groups in total. The zero-order chi connectivity index (χ0) is 38.9. The summed E-state index contributed by atoms with van der Waals surface area (Å²) in [5, 5.41) is 7.81. The van der Waals surface area contributed by atoms with Crippen LogP contribution in [0.3, 0.4) is 0 Å². The van der Waals surface area contributed by atoms with Gasteiger partial charge in [0.15, 0.2) is 8.07 Å². The zero-order valence-corrected chi connectivity index (χ0v) is 33.1. The van der Waals surface area contributed by atoms with Gasteiger partial charge in [-0.05, 0) is 73.8 Å². The molecule has 0 bridgehead atoms. The Labute approximate surface area is 344 Å². The number of hydrogen-bond acceptors (Lipinski definition) is 2. The van der Waals surface area contributed by atoms with Crippen LogP contribution in [0.25, 0.3) is 49.7 Å². The van der Waals surface area contributed by atoms with Crippen molar-refractivity contribution in [3.05, 3.63) is 218 Å². The predicted molar refractivity (Wildman–Crippen MR) is 247 cm³/mol. The topological polar surface area (TPSA) is 23.4 Å². The number of fused-ring (bicyclic) bond motifs is 7. The van der Waals surface area contributed by atoms with Gasteiger partial charge in [-0.2, -0.15) is 0 Å². The molecule has 2 aliphatic rings. The maximum Gasteiger partial charge on any atom is 0.434 e. The van der Waals surface area contributed by atoms with Gasteiger partial charge in [-0.1, -0.05) is 176 Å². The van der Waals surface area contributed by atoms with Crippen molar-refractivity contribution in [2.75, 3.05) is 0 Å². The third kappa shape index (κ3) is 5.08. The average Bonchev–Trinajstić information content (AvgIpc) is 3.65. The SMILES string of the molecule is c1ccc([Si](c2ccccc2)(c2ccccc2)c2ccccc2-c2cc3c4c(c2)-c2ccccc2OB4c2ccc(-n4c5ccccc5c5ccccc54)cc2O3)cc1. The van der Waals surface area contributed by atoms with Crippen LogP contribution in [0.4, 0.5) is 0 Å². The Balaban J connectivity index is 1.09. The van der Waals surface area contributed by atoms with E-state index in [9.17, 15) is 0 Å². The van der Waals surface area contributed by atoms with Crippen LogP contribution >= 0.6 is 0 Å². The van der Waals surface area contributed by atoms with E-state index in [1.165, 1.54) is 37.1 Å². The van der Waals surface area contributed by atoms with E-state index >= 15 is 0 Å². The van der Waals surface area contributed by atoms with Gasteiger partial charge in [0, 0.05) is 39.0 Å². The summed E-state index contributed by atoms with van der Waals surface area (Å²) in [5.41, 5.74) is 10.00. The number of aromatic nitrogens is 1. The number of rotatable bonds is 6. The van der Waals surface area contributed by atoms with Crippen molar-refractivity contribution in [2.24, 2.45) is 0 Å². The molecule has 0 fully saturated rings. The van der Waals surface area contributed by atoms with Crippen LogP contribution in [-0.2, 0) is 0 Å². The summed E-state index contributed by atoms with van der Waals surface area (Å²) in [6.07, 6.45) is 0. The van der Waals surface area contributed by atoms with Crippen molar-refractivity contribution in [3.8, 4) is 45.2 Å². The van der Waals surface area contributed by atoms with Crippen molar-refractivity contribution >= 4 is 68.5 Å². The number of nitrogens with zero attached hydrogens (tertiary/aromatic N) is 1. The molecule has 0 unspecified atom stereocenters. The molecule has 0 atom stereocenters. The molecular weight excluding hydrogens is 733 g/mol. The Morgan fingerprint density at radius 2 is 0.949 bits per heavy atom. The molecule has 0 amide bonds. The highest BCUT2D eigenvalue weighted by Crippen LogP contribution is 2.42. The monoisotopic (exact) mass is 769 g/mol. The Hall–Kier alpha value is -7.34. The highest BCUT2D eigenvalue weighted by molar-refractivity contribution is 7.20. The van der Waals surface area contributed by atoms with Crippen LogP contribution in [0.1, 0.15) is 0 Å². The molecule has 12 rings (SSSR count). The van der Waals surface area contributed by atoms with Gasteiger partial charge in [-0.15, -0.1) is 0 Å². The molecule has 0 spiro atoms. The summed E-state index contributed by atoms with van der Waals surface area (Å²) in [6, 6.07) is 79.4. The summed E-state index contributed by atoms with van der Waals surface area (Å²) in [5.74, 6) is 2.51. The third-order valence-electron chi connectivity index (χ3n) is 12.4. The molecule has 276 valence electrons. The highest BCUT2D eigenvalue weighted by atomic mass is 28.3. The fourth-order valence-electron chi connectivity index (χ4n) is 9.94. The number of hydrogen-bond donors (Lipinski definition) is 0. The molecular formula is C54H36BNO2Si. The first kappa shape index (κ1) is 33.8. The van der Waals surface area contributed by atoms with Crippen LogP contribution in [0, 0.1) is 0 Å². The Bertz CT molecular complexity index is 3090. The minimum Gasteiger partial charge on any atom is -0.551 e. The molecule has 0 saturated heterocycles. The summed E-state index contributed by atoms with van der Waals surface area (Å²) in [6.45, 7) is -0.318. The minimum atomic E-state index is -2.87. The molecule has 5 heteroatoms. The molecule has 0 saturated carbocycles. The Morgan fingerprint density at radius 3 is 1.59 bits per heavy atom. The number of benzene rings is 9. The molecule has 9 aromatic carbocycles. The van der Waals surface area contributed by atoms with Gasteiger partial charge < -0.3 is 14.0 Å². The van der Waals surface area contributed by atoms with Crippen molar-refractivity contribution in [1.29, 1.82) is 0 Å². The Morgan fingerprint density at radius 1 is 0.407 bits per heavy atom. The molecule has 0 radical (unpaired) electrons. The molecule has 0 aliphatic carbocycles. The van der Waals surface area contributed by atoms with Crippen LogP contribution < -0.4 is 41.1 Å². The van der Waals surface area contributed by atoms with Crippen LogP contribution in [-0.4, -0.2) is 19.6 Å². The van der Waals surface area contributed by atoms with Gasteiger partial charge in [-0.25, -0.2) is 0 Å². The van der Waals surface area contributed by atoms with Crippen molar-refractivity contribution < 1.29 is 9.39 Å². The van der Waals surface area contributed by atoms with E-state index in [0.717, 1.165) is 61.6 Å². The minimum absolute atomic E-state index is 0.318. The van der Waals surface area contributed by atoms with Crippen LogP contribution in [0.15, 0.2) is 218 Å². The summed E-state index contributed by atoms with van der Waals surface area (Å²) >= 11 is 0. The van der Waals surface area contributed by atoms with E-state index in [0.29, 0.717) is 0 Å². The van der Waals surface area contributed by atoms with Gasteiger partial charge in [0.1, 0.15) is 17.2 Å². The van der Waals surface area contributed by atoms with Crippen LogP contribution in [0.5, 0.6) is 17.2 Å². The smallest absolute Gasteiger partial charge is 0.434 e. The van der Waals surface area contributed by atoms with Gasteiger partial charge in [0.2, 0.25) is 0 Å². The van der Waals surface area contributed by atoms with Crippen molar-refractivity contribution in [1.82, 2.24) is 4.57 Å². The summed E-state index contributed by atoms with van der Waals surface area (Å²) in [4.78, 5) is 0. The average molecular weight is 770 g/mol. The first-order valence-electron chi connectivity index (χ1n) is 20.3. The number of para-hydroxylation sites is 3. The van der Waals surface area contributed by atoms with Crippen molar-refractivity contribution in [2.45, 2.75) is 0 Å². The fraction of sp³-hybridized carbons (Fsp3) is 0. The van der Waals surface area contributed by atoms with E-state index in [4.69, 9.17) is 9.39 Å². The first-order valence-corrected chi connectivity index (χ1v) is 22.3. The quantitative estimate of drug-likeness (QED) is 0.125. The highest BCUT2D eigenvalue weighted by Gasteiger charge is 2.44. The fourth-order valence-corrected chi connectivity index (χ4v) is 14.9. The molecule has 10 aromatic rings. The first-order chi connectivity index (χ1) is 29.3. The van der Waals surface area contributed by atoms with E-state index in [2.05, 4.69) is 223 Å². The lowest BCUT2D eigenvalue weighted by Crippen LogP contribution is -2.75. The third-order valence-corrected chi connectivity index (χ3v) is 17.3. The summed E-state index contributed by atoms with van der Waals surface area (Å²) < 4.78 is 16.5. The van der Waals surface area contributed by atoms with Crippen LogP contribution in [0.2, 0.25) is 0 Å². The summed E-state index contributed by atoms with van der Waals surface area (Å²) in [7, 11) is -2.87. The maximum absolute atomic E-state index is 7.16. The molecule has 1 aromatic heterocycles. The molecule has 2 aliphatic heterocycles. The lowest BCUT2D eigenvalue weighted by atomic mass is 9.50. The second-order valence-electron chi connectivity index (χ2n) is 15.5. The van der Waals surface area contributed by atoms with Gasteiger partial charge in [0.25, 0.3) is 0 Å². The zero-order valence-electron chi connectivity index (χ0n) is 32.1. The lowest BCUT2D eigenvalue weighted by molar-refractivity contribution is 0.479. The second-order valence-corrected chi connectivity index (χ2v) is 19.3. The molecule has 3 heterocycles. The molecule has 59 heavy (non-hydrogen) atoms. The van der Waals surface area contributed by atoms with E-state index in [-0.39, 0.29) is 6.92 Å². The Kier molecular flexibility index (Phi) is 7.65.